The van der Waals surface area contributed by atoms with Crippen LogP contribution in [-0.2, 0) is 0 Å². The first kappa shape index (κ1) is 12.2. The Morgan fingerprint density at radius 3 is 2.75 bits per heavy atom. The lowest BCUT2D eigenvalue weighted by atomic mass is 10.2. The van der Waals surface area contributed by atoms with Crippen molar-refractivity contribution in [2.45, 2.75) is 11.2 Å². The highest BCUT2D eigenvalue weighted by molar-refractivity contribution is 9.09. The largest absolute Gasteiger partial charge is 0.337 e. The van der Waals surface area contributed by atoms with Crippen LogP contribution in [0.2, 0.25) is 10.0 Å². The monoisotopic (exact) mass is 321 g/mol. The molecular formula is C11H10BrCl2NO. The number of carbonyl (C=O) groups is 1. The molecule has 1 aromatic carbocycles. The van der Waals surface area contributed by atoms with E-state index in [4.69, 9.17) is 23.2 Å². The van der Waals surface area contributed by atoms with Crippen LogP contribution in [-0.4, -0.2) is 28.7 Å². The van der Waals surface area contributed by atoms with E-state index in [0.29, 0.717) is 20.4 Å². The number of amides is 1. The zero-order valence-corrected chi connectivity index (χ0v) is 11.5. The van der Waals surface area contributed by atoms with Gasteiger partial charge in [-0.3, -0.25) is 4.79 Å². The summed E-state index contributed by atoms with van der Waals surface area (Å²) in [6.07, 6.45) is 0.983. The molecule has 1 aliphatic rings. The van der Waals surface area contributed by atoms with Crippen LogP contribution in [0, 0.1) is 0 Å². The number of rotatable bonds is 1. The van der Waals surface area contributed by atoms with Crippen molar-refractivity contribution < 1.29 is 4.79 Å². The average Bonchev–Trinajstić information content (AvgIpc) is 2.64. The smallest absolute Gasteiger partial charge is 0.255 e. The maximum Gasteiger partial charge on any atom is 0.255 e. The van der Waals surface area contributed by atoms with Crippen molar-refractivity contribution in [2.24, 2.45) is 0 Å². The van der Waals surface area contributed by atoms with E-state index in [1.807, 2.05) is 0 Å². The molecule has 1 aromatic rings. The van der Waals surface area contributed by atoms with Crippen molar-refractivity contribution in [3.63, 3.8) is 0 Å². The highest BCUT2D eigenvalue weighted by atomic mass is 79.9. The Balaban J connectivity index is 2.21. The van der Waals surface area contributed by atoms with Crippen LogP contribution in [0.5, 0.6) is 0 Å². The van der Waals surface area contributed by atoms with Crippen molar-refractivity contribution in [3.8, 4) is 0 Å². The van der Waals surface area contributed by atoms with E-state index in [1.165, 1.54) is 0 Å². The van der Waals surface area contributed by atoms with Crippen LogP contribution < -0.4 is 0 Å². The zero-order chi connectivity index (χ0) is 11.7. The quantitative estimate of drug-likeness (QED) is 0.723. The third kappa shape index (κ3) is 2.53. The number of halogens is 3. The molecule has 0 spiro atoms. The molecule has 5 heteroatoms. The zero-order valence-electron chi connectivity index (χ0n) is 8.42. The Bertz CT molecular complexity index is 424. The predicted octanol–water partition coefficient (Wildman–Crippen LogP) is 3.60. The number of hydrogen-bond donors (Lipinski definition) is 0. The molecule has 0 bridgehead atoms. The summed E-state index contributed by atoms with van der Waals surface area (Å²) in [4.78, 5) is 14.3. The summed E-state index contributed by atoms with van der Waals surface area (Å²) in [6, 6.07) is 4.95. The molecule has 0 aliphatic carbocycles. The molecule has 16 heavy (non-hydrogen) atoms. The van der Waals surface area contributed by atoms with Gasteiger partial charge in [0.05, 0.1) is 10.6 Å². The fraction of sp³-hybridized carbons (Fsp3) is 0.364. The first-order valence-corrected chi connectivity index (χ1v) is 6.63. The van der Waals surface area contributed by atoms with Gasteiger partial charge >= 0.3 is 0 Å². The van der Waals surface area contributed by atoms with Gasteiger partial charge in [-0.2, -0.15) is 0 Å². The lowest BCUT2D eigenvalue weighted by Gasteiger charge is -2.16. The number of likely N-dealkylation sites (tertiary alicyclic amines) is 1. The van der Waals surface area contributed by atoms with Crippen LogP contribution in [0.1, 0.15) is 16.8 Å². The summed E-state index contributed by atoms with van der Waals surface area (Å²) in [7, 11) is 0. The molecule has 1 unspecified atom stereocenters. The van der Waals surface area contributed by atoms with Gasteiger partial charge in [-0.05, 0) is 24.6 Å². The minimum atomic E-state index is -0.0244. The van der Waals surface area contributed by atoms with Gasteiger partial charge in [-0.1, -0.05) is 39.1 Å². The number of hydrogen-bond acceptors (Lipinski definition) is 1. The van der Waals surface area contributed by atoms with Crippen molar-refractivity contribution in [2.75, 3.05) is 13.1 Å². The topological polar surface area (TPSA) is 20.3 Å². The number of carbonyl (C=O) groups excluding carboxylic acids is 1. The molecule has 1 amide bonds. The van der Waals surface area contributed by atoms with Gasteiger partial charge in [-0.25, -0.2) is 0 Å². The molecule has 0 aromatic heterocycles. The Kier molecular flexibility index (Phi) is 3.77. The first-order chi connectivity index (χ1) is 7.58. The second-order valence-corrected chi connectivity index (χ2v) is 5.90. The molecule has 1 heterocycles. The Hall–Kier alpha value is -0.250. The molecule has 86 valence electrons. The van der Waals surface area contributed by atoms with Gasteiger partial charge < -0.3 is 4.90 Å². The minimum absolute atomic E-state index is 0.0244. The van der Waals surface area contributed by atoms with E-state index in [2.05, 4.69) is 15.9 Å². The molecule has 0 N–H and O–H groups in total. The molecule has 1 atom stereocenters. The van der Waals surface area contributed by atoms with Crippen LogP contribution in [0.4, 0.5) is 0 Å². The Morgan fingerprint density at radius 1 is 1.44 bits per heavy atom. The summed E-state index contributed by atoms with van der Waals surface area (Å²) in [5.74, 6) is -0.0244. The summed E-state index contributed by atoms with van der Waals surface area (Å²) >= 11 is 15.3. The van der Waals surface area contributed by atoms with E-state index < -0.39 is 0 Å². The van der Waals surface area contributed by atoms with Crippen molar-refractivity contribution >= 4 is 45.0 Å². The fourth-order valence-corrected chi connectivity index (χ4v) is 2.78. The molecule has 1 aliphatic heterocycles. The average molecular weight is 323 g/mol. The van der Waals surface area contributed by atoms with Gasteiger partial charge in [0, 0.05) is 22.9 Å². The highest BCUT2D eigenvalue weighted by Crippen LogP contribution is 2.25. The maximum absolute atomic E-state index is 12.1. The van der Waals surface area contributed by atoms with Gasteiger partial charge in [-0.15, -0.1) is 0 Å². The summed E-state index contributed by atoms with van der Waals surface area (Å²) < 4.78 is 0. The van der Waals surface area contributed by atoms with Gasteiger partial charge in [0.2, 0.25) is 0 Å². The molecule has 0 saturated carbocycles. The fourth-order valence-electron chi connectivity index (χ4n) is 1.74. The van der Waals surface area contributed by atoms with Crippen LogP contribution >= 0.6 is 39.1 Å². The van der Waals surface area contributed by atoms with E-state index in [9.17, 15) is 4.79 Å². The van der Waals surface area contributed by atoms with Gasteiger partial charge in [0.15, 0.2) is 0 Å². The van der Waals surface area contributed by atoms with Crippen LogP contribution in [0.15, 0.2) is 18.2 Å². The summed E-state index contributed by atoms with van der Waals surface area (Å²) in [5, 5.41) is 0.955. The third-order valence-electron chi connectivity index (χ3n) is 2.58. The highest BCUT2D eigenvalue weighted by Gasteiger charge is 2.26. The number of nitrogens with zero attached hydrogens (tertiary/aromatic N) is 1. The maximum atomic E-state index is 12.1. The van der Waals surface area contributed by atoms with Gasteiger partial charge in [0.25, 0.3) is 5.91 Å². The molecule has 2 nitrogen and oxygen atoms in total. The van der Waals surface area contributed by atoms with E-state index in [0.717, 1.165) is 19.5 Å². The normalized spacial score (nSPS) is 20.2. The first-order valence-electron chi connectivity index (χ1n) is 4.96. The lowest BCUT2D eigenvalue weighted by Crippen LogP contribution is -2.28. The lowest BCUT2D eigenvalue weighted by molar-refractivity contribution is 0.0793. The molecule has 2 rings (SSSR count). The van der Waals surface area contributed by atoms with Crippen molar-refractivity contribution in [1.29, 1.82) is 0 Å². The summed E-state index contributed by atoms with van der Waals surface area (Å²) in [5.41, 5.74) is 0.521. The molecule has 0 radical (unpaired) electrons. The summed E-state index contributed by atoms with van der Waals surface area (Å²) in [6.45, 7) is 1.51. The van der Waals surface area contributed by atoms with Gasteiger partial charge in [0.1, 0.15) is 0 Å². The Morgan fingerprint density at radius 2 is 2.19 bits per heavy atom. The minimum Gasteiger partial charge on any atom is -0.337 e. The molecular weight excluding hydrogens is 313 g/mol. The van der Waals surface area contributed by atoms with Crippen molar-refractivity contribution in [1.82, 2.24) is 4.90 Å². The van der Waals surface area contributed by atoms with Crippen LogP contribution in [0.25, 0.3) is 0 Å². The van der Waals surface area contributed by atoms with E-state index >= 15 is 0 Å². The number of benzene rings is 1. The molecule has 1 saturated heterocycles. The van der Waals surface area contributed by atoms with Crippen molar-refractivity contribution in [3.05, 3.63) is 33.8 Å². The van der Waals surface area contributed by atoms with Crippen LogP contribution in [0.3, 0.4) is 0 Å². The second kappa shape index (κ2) is 4.94. The molecule has 1 fully saturated rings. The second-order valence-electron chi connectivity index (χ2n) is 3.76. The predicted molar refractivity (Wildman–Crippen MR) is 69.7 cm³/mol. The standard InChI is InChI=1S/C11H10BrCl2NO/c12-7-3-4-15(6-7)11(16)9-2-1-8(13)5-10(9)14/h1-2,5,7H,3-4,6H2. The third-order valence-corrected chi connectivity index (χ3v) is 3.87. The van der Waals surface area contributed by atoms with E-state index in [-0.39, 0.29) is 5.91 Å². The van der Waals surface area contributed by atoms with E-state index in [1.54, 1.807) is 23.1 Å². The SMILES string of the molecule is O=C(c1ccc(Cl)cc1Cl)N1CCC(Br)C1. The Labute approximate surface area is 113 Å². The number of alkyl halides is 1.